The van der Waals surface area contributed by atoms with E-state index in [9.17, 15) is 4.79 Å². The second kappa shape index (κ2) is 6.61. The zero-order chi connectivity index (χ0) is 14.4. The van der Waals surface area contributed by atoms with Gasteiger partial charge < -0.3 is 14.8 Å². The molecule has 0 amide bonds. The molecule has 0 bridgehead atoms. The molecular weight excluding hydrogens is 254 g/mol. The highest BCUT2D eigenvalue weighted by molar-refractivity contribution is 5.81. The molecule has 0 aliphatic carbocycles. The van der Waals surface area contributed by atoms with Gasteiger partial charge in [-0.1, -0.05) is 36.4 Å². The smallest absolute Gasteiger partial charge is 0.332 e. The quantitative estimate of drug-likeness (QED) is 0.849. The normalized spacial score (nSPS) is 11.5. The summed E-state index contributed by atoms with van der Waals surface area (Å²) in [6, 6.07) is 16.3. The van der Waals surface area contributed by atoms with E-state index in [2.05, 4.69) is 5.32 Å². The number of anilines is 1. The second-order valence-corrected chi connectivity index (χ2v) is 4.24. The fourth-order valence-corrected chi connectivity index (χ4v) is 1.92. The van der Waals surface area contributed by atoms with Crippen LogP contribution in [0.5, 0.6) is 5.75 Å². The molecule has 1 unspecified atom stereocenters. The van der Waals surface area contributed by atoms with E-state index >= 15 is 0 Å². The Kier molecular flexibility index (Phi) is 4.60. The number of benzene rings is 2. The molecule has 0 spiro atoms. The molecule has 0 heterocycles. The number of hydrogen-bond acceptors (Lipinski definition) is 4. The van der Waals surface area contributed by atoms with Crippen LogP contribution >= 0.6 is 0 Å². The molecule has 0 saturated carbocycles. The highest BCUT2D eigenvalue weighted by Gasteiger charge is 2.21. The number of methoxy groups -OCH3 is 2. The van der Waals surface area contributed by atoms with Crippen molar-refractivity contribution >= 4 is 11.7 Å². The minimum Gasteiger partial charge on any atom is -0.497 e. The van der Waals surface area contributed by atoms with Gasteiger partial charge in [0.1, 0.15) is 5.75 Å². The molecule has 0 aliphatic rings. The minimum absolute atomic E-state index is 0.334. The molecule has 2 aromatic carbocycles. The maximum atomic E-state index is 12.0. The second-order valence-electron chi connectivity index (χ2n) is 4.24. The fraction of sp³-hybridized carbons (Fsp3) is 0.188. The van der Waals surface area contributed by atoms with Crippen molar-refractivity contribution < 1.29 is 14.3 Å². The Balaban J connectivity index is 2.26. The maximum absolute atomic E-state index is 12.0. The van der Waals surface area contributed by atoms with Crippen molar-refractivity contribution in [2.45, 2.75) is 6.04 Å². The average molecular weight is 271 g/mol. The Morgan fingerprint density at radius 2 is 1.80 bits per heavy atom. The van der Waals surface area contributed by atoms with Crippen molar-refractivity contribution in [2.24, 2.45) is 0 Å². The van der Waals surface area contributed by atoms with Gasteiger partial charge in [0.05, 0.1) is 14.2 Å². The molecular formula is C16H17NO3. The van der Waals surface area contributed by atoms with Gasteiger partial charge in [-0.3, -0.25) is 0 Å². The zero-order valence-electron chi connectivity index (χ0n) is 11.5. The van der Waals surface area contributed by atoms with Crippen molar-refractivity contribution in [1.82, 2.24) is 0 Å². The third-order valence-electron chi connectivity index (χ3n) is 2.95. The lowest BCUT2D eigenvalue weighted by atomic mass is 10.1. The average Bonchev–Trinajstić information content (AvgIpc) is 2.53. The third kappa shape index (κ3) is 3.29. The monoisotopic (exact) mass is 271 g/mol. The van der Waals surface area contributed by atoms with Gasteiger partial charge in [-0.2, -0.15) is 0 Å². The van der Waals surface area contributed by atoms with Crippen molar-refractivity contribution in [2.75, 3.05) is 19.5 Å². The minimum atomic E-state index is -0.548. The molecule has 104 valence electrons. The van der Waals surface area contributed by atoms with Gasteiger partial charge in [-0.05, 0) is 17.7 Å². The fourth-order valence-electron chi connectivity index (χ4n) is 1.92. The molecule has 0 radical (unpaired) electrons. The van der Waals surface area contributed by atoms with Gasteiger partial charge >= 0.3 is 5.97 Å². The third-order valence-corrected chi connectivity index (χ3v) is 2.95. The summed E-state index contributed by atoms with van der Waals surface area (Å²) in [6.07, 6.45) is 0. The number of carbonyl (C=O) groups is 1. The van der Waals surface area contributed by atoms with Crippen molar-refractivity contribution in [3.8, 4) is 5.75 Å². The van der Waals surface area contributed by atoms with Gasteiger partial charge in [0.2, 0.25) is 0 Å². The van der Waals surface area contributed by atoms with E-state index in [0.29, 0.717) is 0 Å². The Bertz CT molecular complexity index is 569. The van der Waals surface area contributed by atoms with Crippen LogP contribution in [0.4, 0.5) is 5.69 Å². The number of esters is 1. The summed E-state index contributed by atoms with van der Waals surface area (Å²) in [4.78, 5) is 12.0. The van der Waals surface area contributed by atoms with Crippen LogP contribution in [0.3, 0.4) is 0 Å². The van der Waals surface area contributed by atoms with E-state index in [1.807, 2.05) is 54.6 Å². The number of hydrogen-bond donors (Lipinski definition) is 1. The summed E-state index contributed by atoms with van der Waals surface area (Å²) < 4.78 is 10.0. The van der Waals surface area contributed by atoms with Crippen LogP contribution in [-0.4, -0.2) is 20.2 Å². The first-order valence-corrected chi connectivity index (χ1v) is 6.28. The Morgan fingerprint density at radius 3 is 2.45 bits per heavy atom. The van der Waals surface area contributed by atoms with E-state index < -0.39 is 6.04 Å². The Morgan fingerprint density at radius 1 is 1.05 bits per heavy atom. The Hall–Kier alpha value is -2.49. The zero-order valence-corrected chi connectivity index (χ0v) is 11.5. The van der Waals surface area contributed by atoms with Gasteiger partial charge in [0.15, 0.2) is 6.04 Å². The largest absolute Gasteiger partial charge is 0.497 e. The Labute approximate surface area is 118 Å². The van der Waals surface area contributed by atoms with Crippen LogP contribution in [0.25, 0.3) is 0 Å². The summed E-state index contributed by atoms with van der Waals surface area (Å²) in [7, 11) is 2.99. The highest BCUT2D eigenvalue weighted by atomic mass is 16.5. The topological polar surface area (TPSA) is 47.6 Å². The number of ether oxygens (including phenoxy) is 2. The molecule has 2 aromatic rings. The van der Waals surface area contributed by atoms with Crippen LogP contribution in [-0.2, 0) is 9.53 Å². The first-order chi connectivity index (χ1) is 9.74. The lowest BCUT2D eigenvalue weighted by molar-refractivity contribution is -0.141. The van der Waals surface area contributed by atoms with Crippen LogP contribution in [0.15, 0.2) is 54.6 Å². The first kappa shape index (κ1) is 13.9. The first-order valence-electron chi connectivity index (χ1n) is 6.28. The van der Waals surface area contributed by atoms with Crippen molar-refractivity contribution in [1.29, 1.82) is 0 Å². The van der Waals surface area contributed by atoms with E-state index in [-0.39, 0.29) is 5.97 Å². The molecule has 20 heavy (non-hydrogen) atoms. The predicted octanol–water partition coefficient (Wildman–Crippen LogP) is 3.02. The lowest BCUT2D eigenvalue weighted by Crippen LogP contribution is -2.22. The summed E-state index contributed by atoms with van der Waals surface area (Å²) in [6.45, 7) is 0. The standard InChI is InChI=1S/C16H17NO3/c1-19-14-10-6-9-13(11-14)17-15(16(18)20-2)12-7-4-3-5-8-12/h3-11,15,17H,1-2H3. The number of rotatable bonds is 5. The molecule has 0 aromatic heterocycles. The highest BCUT2D eigenvalue weighted by Crippen LogP contribution is 2.23. The van der Waals surface area contributed by atoms with Gasteiger partial charge in [-0.25, -0.2) is 4.79 Å². The van der Waals surface area contributed by atoms with E-state index in [0.717, 1.165) is 17.0 Å². The molecule has 0 aliphatic heterocycles. The number of carbonyl (C=O) groups excluding carboxylic acids is 1. The summed E-state index contributed by atoms with van der Waals surface area (Å²) in [5, 5.41) is 3.17. The molecule has 1 atom stereocenters. The summed E-state index contributed by atoms with van der Waals surface area (Å²) >= 11 is 0. The van der Waals surface area contributed by atoms with Gasteiger partial charge in [0, 0.05) is 11.8 Å². The summed E-state index contributed by atoms with van der Waals surface area (Å²) in [5.41, 5.74) is 1.64. The van der Waals surface area contributed by atoms with Crippen LogP contribution in [0.2, 0.25) is 0 Å². The molecule has 0 saturated heterocycles. The number of nitrogens with one attached hydrogen (secondary N) is 1. The SMILES string of the molecule is COC(=O)C(Nc1cccc(OC)c1)c1ccccc1. The molecule has 4 heteroatoms. The molecule has 4 nitrogen and oxygen atoms in total. The van der Waals surface area contributed by atoms with Crippen molar-refractivity contribution in [3.05, 3.63) is 60.2 Å². The molecule has 1 N–H and O–H groups in total. The maximum Gasteiger partial charge on any atom is 0.332 e. The predicted molar refractivity (Wildman–Crippen MR) is 77.8 cm³/mol. The van der Waals surface area contributed by atoms with E-state index in [1.54, 1.807) is 7.11 Å². The van der Waals surface area contributed by atoms with Crippen LogP contribution < -0.4 is 10.1 Å². The van der Waals surface area contributed by atoms with Gasteiger partial charge in [-0.15, -0.1) is 0 Å². The van der Waals surface area contributed by atoms with Crippen LogP contribution in [0, 0.1) is 0 Å². The molecule has 0 fully saturated rings. The van der Waals surface area contributed by atoms with Crippen molar-refractivity contribution in [3.63, 3.8) is 0 Å². The lowest BCUT2D eigenvalue weighted by Gasteiger charge is -2.18. The molecule has 2 rings (SSSR count). The van der Waals surface area contributed by atoms with E-state index in [1.165, 1.54) is 7.11 Å². The van der Waals surface area contributed by atoms with E-state index in [4.69, 9.17) is 9.47 Å². The summed E-state index contributed by atoms with van der Waals surface area (Å²) in [5.74, 6) is 0.394. The van der Waals surface area contributed by atoms with Gasteiger partial charge in [0.25, 0.3) is 0 Å². The van der Waals surface area contributed by atoms with Crippen LogP contribution in [0.1, 0.15) is 11.6 Å².